The highest BCUT2D eigenvalue weighted by Crippen LogP contribution is 2.61. The van der Waals surface area contributed by atoms with Crippen molar-refractivity contribution < 1.29 is 63.9 Å². The van der Waals surface area contributed by atoms with Gasteiger partial charge in [-0.3, -0.25) is 14.4 Å². The number of fused-ring (bicyclic) bond motifs is 1. The van der Waals surface area contributed by atoms with Gasteiger partial charge >= 0.3 is 29.1 Å². The Morgan fingerprint density at radius 2 is 1.58 bits per heavy atom. The van der Waals surface area contributed by atoms with E-state index in [4.69, 9.17) is 18.9 Å². The fraction of sp³-hybridized carbons (Fsp3) is 0.870. The molecule has 10 nitrogen and oxygen atoms in total. The molecule has 38 heavy (non-hydrogen) atoms. The molecular weight excluding hydrogens is 544 g/mol. The molecular formula is C23H25F4O10S-. The van der Waals surface area contributed by atoms with Gasteiger partial charge in [0, 0.05) is 0 Å². The minimum absolute atomic E-state index is 0.440. The standard InChI is InChI=1S/C23H26F4O10S/c24-22(25,23(26,27)38(31,32)33)1-2-34-18(28)12-13-15-16(36-19(13)29)17(14(12)35-15)37-20(30)21-6-9-3-10(7-21)5-11(4-9)8-21/h9-17H,1-8H2,(H,31,32,33)/p-1. The number of carbonyl (C=O) groups is 3. The lowest BCUT2D eigenvalue weighted by Gasteiger charge is -2.55. The minimum Gasteiger partial charge on any atom is -0.743 e. The van der Waals surface area contributed by atoms with Crippen LogP contribution in [0, 0.1) is 35.0 Å². The SMILES string of the molecule is O=C1OC2C(OC(=O)C34CC5CC(CC(C5)C3)C4)C3OC2C1C3C(=O)OCCC(F)(F)C(F)(F)S(=O)(=O)[O-]. The lowest BCUT2D eigenvalue weighted by atomic mass is 9.49. The summed E-state index contributed by atoms with van der Waals surface area (Å²) in [4.78, 5) is 38.7. The monoisotopic (exact) mass is 569 g/mol. The number of rotatable bonds is 8. The van der Waals surface area contributed by atoms with Gasteiger partial charge in [0.1, 0.15) is 24.0 Å². The number of alkyl halides is 4. The van der Waals surface area contributed by atoms with Crippen molar-refractivity contribution in [2.24, 2.45) is 35.0 Å². The van der Waals surface area contributed by atoms with Crippen molar-refractivity contribution in [2.45, 2.75) is 80.5 Å². The Bertz CT molecular complexity index is 1140. The second-order valence-electron chi connectivity index (χ2n) is 11.7. The molecule has 0 aromatic rings. The summed E-state index contributed by atoms with van der Waals surface area (Å²) in [7, 11) is -6.69. The van der Waals surface area contributed by atoms with Gasteiger partial charge < -0.3 is 23.5 Å². The van der Waals surface area contributed by atoms with Crippen LogP contribution < -0.4 is 0 Å². The first kappa shape index (κ1) is 26.2. The zero-order chi connectivity index (χ0) is 27.4. The molecule has 7 fully saturated rings. The molecule has 15 heteroatoms. The molecule has 3 heterocycles. The van der Waals surface area contributed by atoms with Gasteiger partial charge in [-0.25, -0.2) is 8.42 Å². The first-order valence-corrected chi connectivity index (χ1v) is 14.0. The highest BCUT2D eigenvalue weighted by Gasteiger charge is 2.72. The summed E-state index contributed by atoms with van der Waals surface area (Å²) in [5.41, 5.74) is -0.646. The van der Waals surface area contributed by atoms with E-state index in [1.54, 1.807) is 0 Å². The maximum atomic E-state index is 13.7. The molecule has 0 amide bonds. The van der Waals surface area contributed by atoms with Crippen molar-refractivity contribution in [1.82, 2.24) is 0 Å². The largest absolute Gasteiger partial charge is 0.743 e. The van der Waals surface area contributed by atoms with E-state index in [9.17, 15) is 44.9 Å². The maximum absolute atomic E-state index is 13.7. The molecule has 6 atom stereocenters. The first-order chi connectivity index (χ1) is 17.6. The van der Waals surface area contributed by atoms with Gasteiger partial charge in [0.15, 0.2) is 22.3 Å². The van der Waals surface area contributed by atoms with Crippen LogP contribution in [-0.4, -0.2) is 73.1 Å². The van der Waals surface area contributed by atoms with E-state index >= 15 is 0 Å². The van der Waals surface area contributed by atoms with Crippen LogP contribution in [0.5, 0.6) is 0 Å². The molecule has 7 aliphatic rings. The average Bonchev–Trinajstić information content (AvgIpc) is 3.41. The fourth-order valence-corrected chi connectivity index (χ4v) is 8.52. The van der Waals surface area contributed by atoms with Gasteiger partial charge in [0.25, 0.3) is 0 Å². The van der Waals surface area contributed by atoms with Gasteiger partial charge in [-0.15, -0.1) is 0 Å². The lowest BCUT2D eigenvalue weighted by Crippen LogP contribution is -2.54. The number of halogens is 4. The average molecular weight is 570 g/mol. The molecule has 0 aromatic heterocycles. The molecule has 3 saturated heterocycles. The third-order valence-corrected chi connectivity index (χ3v) is 10.2. The first-order valence-electron chi connectivity index (χ1n) is 12.6. The lowest BCUT2D eigenvalue weighted by molar-refractivity contribution is -0.187. The predicted octanol–water partition coefficient (Wildman–Crippen LogP) is 1.76. The molecule has 0 radical (unpaired) electrons. The predicted molar refractivity (Wildman–Crippen MR) is 111 cm³/mol. The van der Waals surface area contributed by atoms with Crippen molar-refractivity contribution in [3.05, 3.63) is 0 Å². The summed E-state index contributed by atoms with van der Waals surface area (Å²) in [5.74, 6) is -9.05. The molecule has 212 valence electrons. The summed E-state index contributed by atoms with van der Waals surface area (Å²) >= 11 is 0. The number of carbonyl (C=O) groups excluding carboxylic acids is 3. The Morgan fingerprint density at radius 1 is 1.00 bits per heavy atom. The van der Waals surface area contributed by atoms with Crippen LogP contribution in [0.1, 0.15) is 44.9 Å². The van der Waals surface area contributed by atoms with Crippen molar-refractivity contribution in [3.8, 4) is 0 Å². The molecule has 0 spiro atoms. The van der Waals surface area contributed by atoms with Crippen molar-refractivity contribution in [2.75, 3.05) is 6.61 Å². The molecule has 6 unspecified atom stereocenters. The van der Waals surface area contributed by atoms with Crippen LogP contribution in [0.2, 0.25) is 0 Å². The second kappa shape index (κ2) is 8.26. The quantitative estimate of drug-likeness (QED) is 0.183. The Labute approximate surface area is 214 Å². The summed E-state index contributed by atoms with van der Waals surface area (Å²) < 4.78 is 107. The van der Waals surface area contributed by atoms with Crippen LogP contribution in [0.15, 0.2) is 0 Å². The molecule has 4 aliphatic carbocycles. The third kappa shape index (κ3) is 3.70. The van der Waals surface area contributed by atoms with Gasteiger partial charge in [0.05, 0.1) is 18.4 Å². The normalized spacial score (nSPS) is 42.9. The zero-order valence-corrected chi connectivity index (χ0v) is 20.7. The van der Waals surface area contributed by atoms with Crippen LogP contribution in [0.3, 0.4) is 0 Å². The summed E-state index contributed by atoms with van der Waals surface area (Å²) in [5, 5.41) is -5.92. The minimum atomic E-state index is -6.69. The van der Waals surface area contributed by atoms with Gasteiger partial charge in [-0.05, 0) is 56.3 Å². The number of hydrogen-bond donors (Lipinski definition) is 0. The second-order valence-corrected chi connectivity index (χ2v) is 13.1. The fourth-order valence-electron chi connectivity index (χ4n) is 8.05. The van der Waals surface area contributed by atoms with Gasteiger partial charge in [-0.1, -0.05) is 0 Å². The van der Waals surface area contributed by atoms with Crippen LogP contribution in [0.4, 0.5) is 17.6 Å². The number of hydrogen-bond acceptors (Lipinski definition) is 10. The maximum Gasteiger partial charge on any atom is 0.396 e. The van der Waals surface area contributed by atoms with E-state index in [2.05, 4.69) is 0 Å². The topological polar surface area (TPSA) is 145 Å². The molecule has 4 saturated carbocycles. The zero-order valence-electron chi connectivity index (χ0n) is 19.9. The van der Waals surface area contributed by atoms with Crippen LogP contribution in [0.25, 0.3) is 0 Å². The van der Waals surface area contributed by atoms with E-state index in [-0.39, 0.29) is 0 Å². The van der Waals surface area contributed by atoms with Gasteiger partial charge in [0.2, 0.25) is 0 Å². The molecule has 7 rings (SSSR count). The number of esters is 3. The Balaban J connectivity index is 1.14. The van der Waals surface area contributed by atoms with Crippen molar-refractivity contribution in [3.63, 3.8) is 0 Å². The molecule has 0 N–H and O–H groups in total. The highest BCUT2D eigenvalue weighted by molar-refractivity contribution is 7.86. The van der Waals surface area contributed by atoms with Crippen LogP contribution in [-0.2, 0) is 43.4 Å². The van der Waals surface area contributed by atoms with Crippen LogP contribution >= 0.6 is 0 Å². The van der Waals surface area contributed by atoms with E-state index in [1.165, 1.54) is 0 Å². The van der Waals surface area contributed by atoms with E-state index in [1.807, 2.05) is 0 Å². The Morgan fingerprint density at radius 3 is 2.13 bits per heavy atom. The van der Waals surface area contributed by atoms with Gasteiger partial charge in [-0.2, -0.15) is 17.6 Å². The molecule has 0 aromatic carbocycles. The van der Waals surface area contributed by atoms with E-state index < -0.39 is 93.9 Å². The molecule has 6 bridgehead atoms. The van der Waals surface area contributed by atoms with Crippen molar-refractivity contribution in [1.29, 1.82) is 0 Å². The number of ether oxygens (including phenoxy) is 4. The highest BCUT2D eigenvalue weighted by atomic mass is 32.2. The van der Waals surface area contributed by atoms with E-state index in [0.717, 1.165) is 19.3 Å². The Hall–Kier alpha value is -2.00. The summed E-state index contributed by atoms with van der Waals surface area (Å²) in [6, 6.07) is 0. The van der Waals surface area contributed by atoms with E-state index in [0.29, 0.717) is 37.0 Å². The summed E-state index contributed by atoms with van der Waals surface area (Å²) in [6.45, 7) is -1.37. The Kier molecular flexibility index (Phi) is 5.70. The smallest absolute Gasteiger partial charge is 0.396 e. The molecule has 3 aliphatic heterocycles. The van der Waals surface area contributed by atoms with Crippen molar-refractivity contribution >= 4 is 28.0 Å². The summed E-state index contributed by atoms with van der Waals surface area (Å²) in [6.07, 6.45) is -0.755. The third-order valence-electron chi connectivity index (χ3n) is 9.29.